The topological polar surface area (TPSA) is 50.8 Å². The molecule has 0 atom stereocenters. The predicted molar refractivity (Wildman–Crippen MR) is 85.0 cm³/mol. The Kier molecular flexibility index (Phi) is 5.72. The van der Waals surface area contributed by atoms with Gasteiger partial charge in [0.1, 0.15) is 0 Å². The van der Waals surface area contributed by atoms with Crippen molar-refractivity contribution < 1.29 is 14.3 Å². The Balaban J connectivity index is 0.00000161. The smallest absolute Gasteiger partial charge is 0.236 e. The molecule has 0 spiro atoms. The molecule has 0 saturated carbocycles. The fourth-order valence-corrected chi connectivity index (χ4v) is 3.12. The SMILES string of the molecule is Cl.O=C(CNCc1cc(Br)c2c(c1)OCO2)N1CCCC1. The summed E-state index contributed by atoms with van der Waals surface area (Å²) in [5, 5.41) is 3.19. The van der Waals surface area contributed by atoms with Crippen molar-refractivity contribution in [2.24, 2.45) is 0 Å². The molecule has 1 fully saturated rings. The zero-order valence-corrected chi connectivity index (χ0v) is 14.0. The van der Waals surface area contributed by atoms with Crippen LogP contribution in [-0.4, -0.2) is 37.2 Å². The first kappa shape index (κ1) is 16.4. The molecule has 7 heteroatoms. The van der Waals surface area contributed by atoms with Gasteiger partial charge in [-0.2, -0.15) is 0 Å². The lowest BCUT2D eigenvalue weighted by Gasteiger charge is -2.15. The molecule has 0 aliphatic carbocycles. The van der Waals surface area contributed by atoms with Gasteiger partial charge in [-0.3, -0.25) is 4.79 Å². The fourth-order valence-electron chi connectivity index (χ4n) is 2.51. The number of fused-ring (bicyclic) bond motifs is 1. The van der Waals surface area contributed by atoms with Crippen LogP contribution in [0.5, 0.6) is 11.5 Å². The molecular weight excluding hydrogens is 360 g/mol. The molecule has 116 valence electrons. The lowest BCUT2D eigenvalue weighted by molar-refractivity contribution is -0.129. The van der Waals surface area contributed by atoms with E-state index in [9.17, 15) is 4.79 Å². The summed E-state index contributed by atoms with van der Waals surface area (Å²) in [5.41, 5.74) is 1.07. The van der Waals surface area contributed by atoms with Crippen LogP contribution >= 0.6 is 28.3 Å². The van der Waals surface area contributed by atoms with Gasteiger partial charge in [-0.1, -0.05) is 0 Å². The summed E-state index contributed by atoms with van der Waals surface area (Å²) in [6.45, 7) is 3.07. The first-order chi connectivity index (χ1) is 9.74. The molecule has 1 aromatic carbocycles. The summed E-state index contributed by atoms with van der Waals surface area (Å²) < 4.78 is 11.6. The van der Waals surface area contributed by atoms with E-state index in [1.165, 1.54) is 0 Å². The van der Waals surface area contributed by atoms with Crippen LogP contribution in [0.15, 0.2) is 16.6 Å². The van der Waals surface area contributed by atoms with Crippen molar-refractivity contribution in [3.05, 3.63) is 22.2 Å². The maximum absolute atomic E-state index is 11.9. The highest BCUT2D eigenvalue weighted by Gasteiger charge is 2.19. The molecule has 3 rings (SSSR count). The summed E-state index contributed by atoms with van der Waals surface area (Å²) in [6, 6.07) is 3.93. The van der Waals surface area contributed by atoms with Crippen molar-refractivity contribution in [2.45, 2.75) is 19.4 Å². The molecule has 2 aliphatic heterocycles. The van der Waals surface area contributed by atoms with Crippen LogP contribution in [0.4, 0.5) is 0 Å². The van der Waals surface area contributed by atoms with Crippen LogP contribution in [-0.2, 0) is 11.3 Å². The standard InChI is InChI=1S/C14H17BrN2O3.ClH/c15-11-5-10(6-12-14(11)20-9-19-12)7-16-8-13(18)17-3-1-2-4-17;/h5-6,16H,1-4,7-9H2;1H. The van der Waals surface area contributed by atoms with Crippen LogP contribution in [0.2, 0.25) is 0 Å². The van der Waals surface area contributed by atoms with Gasteiger partial charge in [0.25, 0.3) is 0 Å². The monoisotopic (exact) mass is 376 g/mol. The molecule has 0 radical (unpaired) electrons. The highest BCUT2D eigenvalue weighted by Crippen LogP contribution is 2.39. The highest BCUT2D eigenvalue weighted by molar-refractivity contribution is 9.10. The van der Waals surface area contributed by atoms with E-state index in [1.54, 1.807) is 0 Å². The van der Waals surface area contributed by atoms with Gasteiger partial charge in [0.15, 0.2) is 11.5 Å². The summed E-state index contributed by atoms with van der Waals surface area (Å²) in [5.74, 6) is 1.69. The first-order valence-corrected chi connectivity index (χ1v) is 7.60. The second-order valence-corrected chi connectivity index (χ2v) is 5.86. The quantitative estimate of drug-likeness (QED) is 0.875. The molecule has 1 aromatic rings. The molecule has 0 bridgehead atoms. The van der Waals surface area contributed by atoms with E-state index in [-0.39, 0.29) is 25.1 Å². The Morgan fingerprint density at radius 2 is 2.05 bits per heavy atom. The molecule has 21 heavy (non-hydrogen) atoms. The lowest BCUT2D eigenvalue weighted by atomic mass is 10.2. The number of likely N-dealkylation sites (tertiary alicyclic amines) is 1. The average Bonchev–Trinajstić information content (AvgIpc) is 3.09. The van der Waals surface area contributed by atoms with Crippen molar-refractivity contribution in [3.63, 3.8) is 0 Å². The Morgan fingerprint density at radius 3 is 2.81 bits per heavy atom. The van der Waals surface area contributed by atoms with Crippen LogP contribution in [0.25, 0.3) is 0 Å². The number of hydrogen-bond acceptors (Lipinski definition) is 4. The van der Waals surface area contributed by atoms with Gasteiger partial charge in [0.2, 0.25) is 12.7 Å². The average molecular weight is 378 g/mol. The van der Waals surface area contributed by atoms with Crippen molar-refractivity contribution in [2.75, 3.05) is 26.4 Å². The normalized spacial score (nSPS) is 16.0. The van der Waals surface area contributed by atoms with Crippen molar-refractivity contribution in [3.8, 4) is 11.5 Å². The summed E-state index contributed by atoms with van der Waals surface area (Å²) in [4.78, 5) is 13.8. The van der Waals surface area contributed by atoms with E-state index < -0.39 is 0 Å². The number of carbonyl (C=O) groups is 1. The molecule has 1 N–H and O–H groups in total. The van der Waals surface area contributed by atoms with Gasteiger partial charge >= 0.3 is 0 Å². The van der Waals surface area contributed by atoms with Crippen LogP contribution in [0, 0.1) is 0 Å². The van der Waals surface area contributed by atoms with Gasteiger partial charge in [-0.15, -0.1) is 12.4 Å². The van der Waals surface area contributed by atoms with E-state index >= 15 is 0 Å². The molecule has 5 nitrogen and oxygen atoms in total. The molecule has 1 amide bonds. The maximum atomic E-state index is 11.9. The molecule has 2 heterocycles. The van der Waals surface area contributed by atoms with Gasteiger partial charge in [-0.25, -0.2) is 0 Å². The number of rotatable bonds is 4. The molecular formula is C14H18BrClN2O3. The van der Waals surface area contributed by atoms with Gasteiger partial charge in [0, 0.05) is 19.6 Å². The number of benzene rings is 1. The molecule has 2 aliphatic rings. The minimum atomic E-state index is 0. The number of carbonyl (C=O) groups excluding carboxylic acids is 1. The third-order valence-corrected chi connectivity index (χ3v) is 4.14. The van der Waals surface area contributed by atoms with Crippen LogP contribution < -0.4 is 14.8 Å². The number of hydrogen-bond donors (Lipinski definition) is 1. The zero-order valence-electron chi connectivity index (χ0n) is 11.6. The minimum Gasteiger partial charge on any atom is -0.454 e. The molecule has 1 saturated heterocycles. The van der Waals surface area contributed by atoms with Crippen molar-refractivity contribution in [1.82, 2.24) is 10.2 Å². The lowest BCUT2D eigenvalue weighted by Crippen LogP contribution is -2.35. The van der Waals surface area contributed by atoms with Crippen LogP contribution in [0.1, 0.15) is 18.4 Å². The summed E-state index contributed by atoms with van der Waals surface area (Å²) in [7, 11) is 0. The number of halogens is 2. The first-order valence-electron chi connectivity index (χ1n) is 6.80. The van der Waals surface area contributed by atoms with Crippen molar-refractivity contribution >= 4 is 34.2 Å². The minimum absolute atomic E-state index is 0. The maximum Gasteiger partial charge on any atom is 0.236 e. The van der Waals surface area contributed by atoms with E-state index in [0.717, 1.165) is 47.5 Å². The highest BCUT2D eigenvalue weighted by atomic mass is 79.9. The Bertz CT molecular complexity index is 521. The Hall–Kier alpha value is -0.980. The van der Waals surface area contributed by atoms with Crippen LogP contribution in [0.3, 0.4) is 0 Å². The number of nitrogens with zero attached hydrogens (tertiary/aromatic N) is 1. The van der Waals surface area contributed by atoms with E-state index in [1.807, 2.05) is 17.0 Å². The summed E-state index contributed by atoms with van der Waals surface area (Å²) >= 11 is 3.46. The molecule has 0 unspecified atom stereocenters. The number of amides is 1. The molecule has 0 aromatic heterocycles. The Labute approximate surface area is 138 Å². The van der Waals surface area contributed by atoms with Gasteiger partial charge < -0.3 is 19.7 Å². The number of nitrogens with one attached hydrogen (secondary N) is 1. The van der Waals surface area contributed by atoms with E-state index in [0.29, 0.717) is 13.1 Å². The second kappa shape index (κ2) is 7.33. The number of ether oxygens (including phenoxy) is 2. The fraction of sp³-hybridized carbons (Fsp3) is 0.500. The largest absolute Gasteiger partial charge is 0.454 e. The Morgan fingerprint density at radius 1 is 1.29 bits per heavy atom. The third kappa shape index (κ3) is 3.81. The summed E-state index contributed by atoms with van der Waals surface area (Å²) in [6.07, 6.45) is 2.25. The second-order valence-electron chi connectivity index (χ2n) is 5.00. The zero-order chi connectivity index (χ0) is 13.9. The predicted octanol–water partition coefficient (Wildman–Crippen LogP) is 2.31. The van der Waals surface area contributed by atoms with E-state index in [2.05, 4.69) is 21.2 Å². The third-order valence-electron chi connectivity index (χ3n) is 3.55. The van der Waals surface area contributed by atoms with Gasteiger partial charge in [0.05, 0.1) is 11.0 Å². The van der Waals surface area contributed by atoms with Crippen molar-refractivity contribution in [1.29, 1.82) is 0 Å². The van der Waals surface area contributed by atoms with Gasteiger partial charge in [-0.05, 0) is 46.5 Å². The van der Waals surface area contributed by atoms with E-state index in [4.69, 9.17) is 9.47 Å².